The molecule has 1 aromatic heterocycles. The van der Waals surface area contributed by atoms with Crippen LogP contribution in [-0.4, -0.2) is 40.3 Å². The minimum Gasteiger partial charge on any atom is -0.410 e. The normalized spacial score (nSPS) is 12.4. The number of benzene rings is 3. The zero-order chi connectivity index (χ0) is 25.8. The van der Waals surface area contributed by atoms with Crippen molar-refractivity contribution in [2.45, 2.75) is 27.3 Å². The van der Waals surface area contributed by atoms with Crippen molar-refractivity contribution in [1.29, 1.82) is 0 Å². The average molecular weight is 501 g/mol. The van der Waals surface area contributed by atoms with Gasteiger partial charge in [-0.3, -0.25) is 9.59 Å². The zero-order valence-electron chi connectivity index (χ0n) is 20.5. The summed E-state index contributed by atoms with van der Waals surface area (Å²) in [7, 11) is 0. The summed E-state index contributed by atoms with van der Waals surface area (Å²) in [4.78, 5) is 26.6. The lowest BCUT2D eigenvalue weighted by atomic mass is 9.96. The maximum absolute atomic E-state index is 13.4. The van der Waals surface area contributed by atoms with Crippen LogP contribution < -0.4 is 0 Å². The van der Waals surface area contributed by atoms with Gasteiger partial charge in [0.2, 0.25) is 5.78 Å². The second kappa shape index (κ2) is 10.9. The van der Waals surface area contributed by atoms with Crippen LogP contribution in [0, 0.1) is 6.92 Å². The number of fused-ring (bicyclic) bond motifs is 3. The molecule has 0 radical (unpaired) electrons. The Labute approximate surface area is 215 Å². The summed E-state index contributed by atoms with van der Waals surface area (Å²) in [5.41, 5.74) is 4.15. The Morgan fingerprint density at radius 1 is 1.00 bits per heavy atom. The molecule has 0 aliphatic carbocycles. The minimum atomic E-state index is -0.386. The first kappa shape index (κ1) is 25.4. The van der Waals surface area contributed by atoms with E-state index >= 15 is 0 Å². The molecule has 1 heterocycles. The van der Waals surface area contributed by atoms with Gasteiger partial charge in [0.05, 0.1) is 6.61 Å². The van der Waals surface area contributed by atoms with Gasteiger partial charge >= 0.3 is 0 Å². The summed E-state index contributed by atoms with van der Waals surface area (Å²) in [6, 6.07) is 18.3. The molecule has 7 heteroatoms. The molecule has 0 unspecified atom stereocenters. The van der Waals surface area contributed by atoms with E-state index in [-0.39, 0.29) is 17.3 Å². The van der Waals surface area contributed by atoms with Crippen LogP contribution in [0.15, 0.2) is 76.8 Å². The van der Waals surface area contributed by atoms with Crippen LogP contribution in [-0.2, 0) is 11.3 Å². The topological polar surface area (TPSA) is 80.9 Å². The molecule has 0 aliphatic heterocycles. The van der Waals surface area contributed by atoms with Gasteiger partial charge in [-0.15, -0.1) is 12.6 Å². The van der Waals surface area contributed by atoms with E-state index in [2.05, 4.69) is 22.4 Å². The third-order valence-corrected chi connectivity index (χ3v) is 6.74. The molecular weight excluding hydrogens is 472 g/mol. The van der Waals surface area contributed by atoms with Gasteiger partial charge in [-0.25, -0.2) is 0 Å². The van der Waals surface area contributed by atoms with E-state index in [4.69, 9.17) is 4.74 Å². The van der Waals surface area contributed by atoms with Crippen molar-refractivity contribution in [3.8, 4) is 0 Å². The summed E-state index contributed by atoms with van der Waals surface area (Å²) in [5, 5.41) is 14.7. The Kier molecular flexibility index (Phi) is 7.72. The molecule has 4 rings (SSSR count). The van der Waals surface area contributed by atoms with Crippen molar-refractivity contribution >= 4 is 51.7 Å². The van der Waals surface area contributed by atoms with Gasteiger partial charge in [-0.05, 0) is 62.7 Å². The number of Topliss-reactive ketones (excluding diaryl/α,β-unsaturated/α-hetero) is 2. The first-order valence-electron chi connectivity index (χ1n) is 11.8. The molecule has 3 aromatic carbocycles. The van der Waals surface area contributed by atoms with E-state index in [0.717, 1.165) is 27.4 Å². The lowest BCUT2D eigenvalue weighted by molar-refractivity contribution is 0.104. The van der Waals surface area contributed by atoms with Gasteiger partial charge in [0.15, 0.2) is 11.5 Å². The number of allylic oxidation sites excluding steroid dienone is 2. The lowest BCUT2D eigenvalue weighted by Crippen LogP contribution is -2.17. The van der Waals surface area contributed by atoms with E-state index in [0.29, 0.717) is 41.4 Å². The molecule has 1 N–H and O–H groups in total. The second-order valence-corrected chi connectivity index (χ2v) is 8.89. The third kappa shape index (κ3) is 4.72. The number of ether oxygens (including phenoxy) is 1. The van der Waals surface area contributed by atoms with Gasteiger partial charge < -0.3 is 14.5 Å². The number of ketones is 2. The summed E-state index contributed by atoms with van der Waals surface area (Å²) in [5.74, 6) is -0.554. The van der Waals surface area contributed by atoms with E-state index in [1.54, 1.807) is 43.3 Å². The molecular formula is C29H28N2O4S. The molecule has 184 valence electrons. The molecule has 0 saturated heterocycles. The number of aryl methyl sites for hydroxylation is 1. The quantitative estimate of drug-likeness (QED) is 0.0544. The van der Waals surface area contributed by atoms with Crippen molar-refractivity contribution in [3.63, 3.8) is 0 Å². The monoisotopic (exact) mass is 500 g/mol. The first-order valence-corrected chi connectivity index (χ1v) is 12.2. The van der Waals surface area contributed by atoms with Crippen LogP contribution in [0.2, 0.25) is 0 Å². The summed E-state index contributed by atoms with van der Waals surface area (Å²) >= 11 is 4.29. The van der Waals surface area contributed by atoms with Gasteiger partial charge in [-0.1, -0.05) is 35.5 Å². The van der Waals surface area contributed by atoms with Crippen molar-refractivity contribution in [2.24, 2.45) is 5.16 Å². The number of thiol groups is 1. The van der Waals surface area contributed by atoms with Gasteiger partial charge in [0, 0.05) is 56.6 Å². The highest BCUT2D eigenvalue weighted by Crippen LogP contribution is 2.32. The number of aromatic nitrogens is 1. The second-order valence-electron chi connectivity index (χ2n) is 8.41. The molecule has 0 spiro atoms. The lowest BCUT2D eigenvalue weighted by Gasteiger charge is -2.09. The fraction of sp³-hybridized carbons (Fsp3) is 0.207. The molecule has 4 aromatic rings. The highest BCUT2D eigenvalue weighted by atomic mass is 32.1. The SMILES string of the molecule is C/C=C(\S)C(=O)c1ccc2c(c1)c1cc(C(=O)/C(=N/O)c3ccccc3C)ccc1n2CCOCC. The van der Waals surface area contributed by atoms with E-state index in [9.17, 15) is 14.8 Å². The number of carbonyl (C=O) groups excluding carboxylic acids is 2. The summed E-state index contributed by atoms with van der Waals surface area (Å²) in [6.45, 7) is 7.35. The Hall–Kier alpha value is -3.68. The third-order valence-electron chi connectivity index (χ3n) is 6.27. The predicted octanol–water partition coefficient (Wildman–Crippen LogP) is 6.22. The number of nitrogens with zero attached hydrogens (tertiary/aromatic N) is 2. The molecule has 0 aliphatic rings. The van der Waals surface area contributed by atoms with Crippen molar-refractivity contribution in [3.05, 3.63) is 93.9 Å². The Morgan fingerprint density at radius 2 is 1.61 bits per heavy atom. The number of hydrogen-bond acceptors (Lipinski definition) is 6. The van der Waals surface area contributed by atoms with Crippen LogP contribution in [0.5, 0.6) is 0 Å². The van der Waals surface area contributed by atoms with Gasteiger partial charge in [-0.2, -0.15) is 0 Å². The highest BCUT2D eigenvalue weighted by molar-refractivity contribution is 7.85. The van der Waals surface area contributed by atoms with Crippen molar-refractivity contribution < 1.29 is 19.5 Å². The van der Waals surface area contributed by atoms with Crippen molar-refractivity contribution in [2.75, 3.05) is 13.2 Å². The van der Waals surface area contributed by atoms with Crippen LogP contribution in [0.1, 0.15) is 45.7 Å². The van der Waals surface area contributed by atoms with Gasteiger partial charge in [0.25, 0.3) is 0 Å². The minimum absolute atomic E-state index is 0.0174. The summed E-state index contributed by atoms with van der Waals surface area (Å²) in [6.07, 6.45) is 1.67. The van der Waals surface area contributed by atoms with Crippen LogP contribution in [0.25, 0.3) is 21.8 Å². The standard InChI is InChI=1S/C29H28N2O4S/c1-4-26(36)28(32)19-10-12-24-22(16-19)23-17-20(11-13-25(23)31(24)14-15-35-5-2)29(33)27(30-34)21-9-7-6-8-18(21)3/h4,6-13,16-17,34,36H,5,14-15H2,1-3H3/b26-4-,30-27+. The molecule has 0 bridgehead atoms. The Bertz CT molecular complexity index is 1530. The van der Waals surface area contributed by atoms with Gasteiger partial charge in [0.1, 0.15) is 0 Å². The zero-order valence-corrected chi connectivity index (χ0v) is 21.4. The number of hydrogen-bond donors (Lipinski definition) is 2. The predicted molar refractivity (Wildman–Crippen MR) is 147 cm³/mol. The largest absolute Gasteiger partial charge is 0.410 e. The first-order chi connectivity index (χ1) is 17.4. The Morgan fingerprint density at radius 3 is 2.17 bits per heavy atom. The van der Waals surface area contributed by atoms with Crippen LogP contribution in [0.3, 0.4) is 0 Å². The fourth-order valence-electron chi connectivity index (χ4n) is 4.40. The van der Waals surface area contributed by atoms with Crippen LogP contribution in [0.4, 0.5) is 0 Å². The number of carbonyl (C=O) groups is 2. The number of rotatable bonds is 9. The molecule has 36 heavy (non-hydrogen) atoms. The molecule has 0 saturated carbocycles. The van der Waals surface area contributed by atoms with Crippen LogP contribution >= 0.6 is 12.6 Å². The summed E-state index contributed by atoms with van der Waals surface area (Å²) < 4.78 is 7.72. The van der Waals surface area contributed by atoms with E-state index < -0.39 is 0 Å². The van der Waals surface area contributed by atoms with E-state index in [1.807, 2.05) is 44.2 Å². The molecule has 0 atom stereocenters. The Balaban J connectivity index is 1.88. The smallest absolute Gasteiger partial charge is 0.215 e. The molecule has 0 amide bonds. The average Bonchev–Trinajstić information content (AvgIpc) is 3.21. The molecule has 0 fully saturated rings. The maximum atomic E-state index is 13.4. The van der Waals surface area contributed by atoms with E-state index in [1.165, 1.54) is 0 Å². The number of oxime groups is 1. The maximum Gasteiger partial charge on any atom is 0.215 e. The highest BCUT2D eigenvalue weighted by Gasteiger charge is 2.21. The fourth-order valence-corrected chi connectivity index (χ4v) is 4.53. The molecule has 6 nitrogen and oxygen atoms in total. The van der Waals surface area contributed by atoms with Crippen molar-refractivity contribution in [1.82, 2.24) is 4.57 Å².